The lowest BCUT2D eigenvalue weighted by Gasteiger charge is -2.35. The first-order valence-corrected chi connectivity index (χ1v) is 11.5. The summed E-state index contributed by atoms with van der Waals surface area (Å²) >= 11 is 1.37. The van der Waals surface area contributed by atoms with E-state index in [9.17, 15) is 9.59 Å². The largest absolute Gasteiger partial charge is 0.368 e. The third-order valence-corrected chi connectivity index (χ3v) is 6.89. The number of hydrogen-bond donors (Lipinski definition) is 0. The minimum atomic E-state index is -0.0920. The Kier molecular flexibility index (Phi) is 5.51. The highest BCUT2D eigenvalue weighted by Gasteiger charge is 2.27. The number of carbonyl (C=O) groups excluding carboxylic acids is 2. The Morgan fingerprint density at radius 3 is 2.55 bits per heavy atom. The Balaban J connectivity index is 1.41. The first-order chi connectivity index (χ1) is 16.0. The smallest absolute Gasteiger partial charge is 0.274 e. The lowest BCUT2D eigenvalue weighted by atomic mass is 10.2. The van der Waals surface area contributed by atoms with Crippen LogP contribution in [-0.4, -0.2) is 69.3 Å². The molecule has 0 bridgehead atoms. The molecule has 1 saturated heterocycles. The average Bonchev–Trinajstić information content (AvgIpc) is 3.49. The summed E-state index contributed by atoms with van der Waals surface area (Å²) in [6, 6.07) is 9.68. The van der Waals surface area contributed by atoms with Gasteiger partial charge in [-0.15, -0.1) is 0 Å². The maximum atomic E-state index is 13.5. The van der Waals surface area contributed by atoms with Gasteiger partial charge >= 0.3 is 0 Å². The highest BCUT2D eigenvalue weighted by Crippen LogP contribution is 2.32. The molecule has 4 aromatic heterocycles. The van der Waals surface area contributed by atoms with Crippen molar-refractivity contribution < 1.29 is 9.59 Å². The van der Waals surface area contributed by atoms with E-state index in [0.29, 0.717) is 29.7 Å². The monoisotopic (exact) mass is 461 g/mol. The Morgan fingerprint density at radius 1 is 1.06 bits per heavy atom. The maximum absolute atomic E-state index is 13.5. The first kappa shape index (κ1) is 21.1. The number of piperazine rings is 1. The molecule has 10 heteroatoms. The molecule has 5 rings (SSSR count). The fourth-order valence-electron chi connectivity index (χ4n) is 3.90. The third-order valence-electron chi connectivity index (χ3n) is 5.82. The normalized spacial score (nSPS) is 14.0. The van der Waals surface area contributed by atoms with Crippen LogP contribution in [0.2, 0.25) is 0 Å². The Morgan fingerprint density at radius 2 is 1.82 bits per heavy atom. The molecule has 0 spiro atoms. The molecule has 0 atom stereocenters. The number of thiazole rings is 1. The van der Waals surface area contributed by atoms with Crippen LogP contribution in [-0.2, 0) is 4.79 Å². The van der Waals surface area contributed by atoms with Crippen molar-refractivity contribution in [3.8, 4) is 10.7 Å². The van der Waals surface area contributed by atoms with Gasteiger partial charge in [0.1, 0.15) is 0 Å². The number of aromatic nitrogens is 4. The number of nitrogens with zero attached hydrogens (tertiary/aromatic N) is 7. The van der Waals surface area contributed by atoms with Crippen LogP contribution in [0, 0.1) is 0 Å². The number of pyridine rings is 2. The van der Waals surface area contributed by atoms with Gasteiger partial charge in [0.05, 0.1) is 16.6 Å². The van der Waals surface area contributed by atoms with Crippen molar-refractivity contribution >= 4 is 39.5 Å². The van der Waals surface area contributed by atoms with Crippen LogP contribution in [0.15, 0.2) is 55.1 Å². The second kappa shape index (κ2) is 8.62. The van der Waals surface area contributed by atoms with Crippen molar-refractivity contribution in [2.75, 3.05) is 43.0 Å². The quantitative estimate of drug-likeness (QED) is 0.465. The van der Waals surface area contributed by atoms with Crippen LogP contribution in [0.1, 0.15) is 17.4 Å². The topological polar surface area (TPSA) is 86.9 Å². The average molecular weight is 462 g/mol. The van der Waals surface area contributed by atoms with Gasteiger partial charge in [0, 0.05) is 64.4 Å². The SMILES string of the molecule is CC(=O)N(C)c1ncc(-c2nc(C(=O)N3CCN(c4ccncc4)CC3)c3ccccn23)s1. The molecule has 1 aliphatic rings. The predicted molar refractivity (Wildman–Crippen MR) is 128 cm³/mol. The van der Waals surface area contributed by atoms with Crippen LogP contribution in [0.25, 0.3) is 16.2 Å². The lowest BCUT2D eigenvalue weighted by Crippen LogP contribution is -2.49. The maximum Gasteiger partial charge on any atom is 0.274 e. The standard InChI is InChI=1S/C23H23N7O2S/c1-16(31)27(2)23-25-15-19(33-23)21-26-20(18-5-3-4-10-30(18)21)22(32)29-13-11-28(12-14-29)17-6-8-24-9-7-17/h3-10,15H,11-14H2,1-2H3. The molecule has 33 heavy (non-hydrogen) atoms. The second-order valence-electron chi connectivity index (χ2n) is 7.81. The number of rotatable bonds is 4. The minimum Gasteiger partial charge on any atom is -0.368 e. The van der Waals surface area contributed by atoms with Gasteiger partial charge in [-0.1, -0.05) is 17.4 Å². The number of carbonyl (C=O) groups is 2. The molecule has 1 aliphatic heterocycles. The molecule has 4 aromatic rings. The van der Waals surface area contributed by atoms with Crippen molar-refractivity contribution in [2.45, 2.75) is 6.92 Å². The fourth-order valence-corrected chi connectivity index (χ4v) is 4.81. The summed E-state index contributed by atoms with van der Waals surface area (Å²) in [5, 5.41) is 0.588. The zero-order chi connectivity index (χ0) is 22.9. The highest BCUT2D eigenvalue weighted by atomic mass is 32.1. The Hall–Kier alpha value is -3.79. The number of imidazole rings is 1. The van der Waals surface area contributed by atoms with Crippen LogP contribution in [0.4, 0.5) is 10.8 Å². The number of hydrogen-bond acceptors (Lipinski definition) is 7. The highest BCUT2D eigenvalue weighted by molar-refractivity contribution is 7.19. The lowest BCUT2D eigenvalue weighted by molar-refractivity contribution is -0.116. The van der Waals surface area contributed by atoms with Crippen LogP contribution in [0.3, 0.4) is 0 Å². The summed E-state index contributed by atoms with van der Waals surface area (Å²) in [5.41, 5.74) is 2.30. The molecular formula is C23H23N7O2S. The molecule has 0 aromatic carbocycles. The summed E-state index contributed by atoms with van der Waals surface area (Å²) in [7, 11) is 1.69. The van der Waals surface area contributed by atoms with Gasteiger partial charge in [0.25, 0.3) is 5.91 Å². The second-order valence-corrected chi connectivity index (χ2v) is 8.82. The zero-order valence-corrected chi connectivity index (χ0v) is 19.2. The van der Waals surface area contributed by atoms with Crippen molar-refractivity contribution in [1.82, 2.24) is 24.3 Å². The molecule has 0 saturated carbocycles. The predicted octanol–water partition coefficient (Wildman–Crippen LogP) is 2.80. The Labute approximate surface area is 194 Å². The van der Waals surface area contributed by atoms with Gasteiger partial charge in [-0.3, -0.25) is 23.9 Å². The van der Waals surface area contributed by atoms with Crippen LogP contribution in [0.5, 0.6) is 0 Å². The third kappa shape index (κ3) is 3.93. The summed E-state index contributed by atoms with van der Waals surface area (Å²) in [4.78, 5) is 44.8. The molecule has 0 N–H and O–H groups in total. The summed E-state index contributed by atoms with van der Waals surface area (Å²) in [6.45, 7) is 4.25. The van der Waals surface area contributed by atoms with Gasteiger partial charge < -0.3 is 9.80 Å². The number of amides is 2. The van der Waals surface area contributed by atoms with Crippen molar-refractivity contribution in [2.24, 2.45) is 0 Å². The molecule has 0 aliphatic carbocycles. The molecule has 9 nitrogen and oxygen atoms in total. The van der Waals surface area contributed by atoms with E-state index in [2.05, 4.69) is 14.9 Å². The van der Waals surface area contributed by atoms with Gasteiger partial charge in [-0.2, -0.15) is 0 Å². The van der Waals surface area contributed by atoms with E-state index in [4.69, 9.17) is 4.98 Å². The van der Waals surface area contributed by atoms with Gasteiger partial charge in [0.2, 0.25) is 5.91 Å². The van der Waals surface area contributed by atoms with E-state index < -0.39 is 0 Å². The molecule has 0 radical (unpaired) electrons. The van der Waals surface area contributed by atoms with Crippen LogP contribution < -0.4 is 9.80 Å². The summed E-state index contributed by atoms with van der Waals surface area (Å²) in [5.74, 6) is 0.473. The van der Waals surface area contributed by atoms with Crippen molar-refractivity contribution in [3.63, 3.8) is 0 Å². The number of fused-ring (bicyclic) bond motifs is 1. The molecule has 1 fully saturated rings. The van der Waals surface area contributed by atoms with E-state index in [1.54, 1.807) is 25.6 Å². The van der Waals surface area contributed by atoms with Crippen molar-refractivity contribution in [1.29, 1.82) is 0 Å². The number of anilines is 2. The van der Waals surface area contributed by atoms with Gasteiger partial charge in [0.15, 0.2) is 16.6 Å². The Bertz CT molecular complexity index is 1310. The van der Waals surface area contributed by atoms with Gasteiger partial charge in [-0.25, -0.2) is 9.97 Å². The first-order valence-electron chi connectivity index (χ1n) is 10.6. The molecule has 168 valence electrons. The fraction of sp³-hybridized carbons (Fsp3) is 0.261. The van der Waals surface area contributed by atoms with Crippen molar-refractivity contribution in [3.05, 3.63) is 60.8 Å². The van der Waals surface area contributed by atoms with Gasteiger partial charge in [-0.05, 0) is 24.3 Å². The molecule has 2 amide bonds. The zero-order valence-electron chi connectivity index (χ0n) is 18.4. The van der Waals surface area contributed by atoms with Crippen LogP contribution >= 0.6 is 11.3 Å². The molecule has 5 heterocycles. The van der Waals surface area contributed by atoms with E-state index in [1.165, 1.54) is 23.2 Å². The molecular weight excluding hydrogens is 438 g/mol. The summed E-state index contributed by atoms with van der Waals surface area (Å²) < 4.78 is 1.91. The summed E-state index contributed by atoms with van der Waals surface area (Å²) in [6.07, 6.45) is 7.15. The van der Waals surface area contributed by atoms with E-state index in [1.807, 2.05) is 45.8 Å². The van der Waals surface area contributed by atoms with E-state index in [-0.39, 0.29) is 11.8 Å². The van der Waals surface area contributed by atoms with E-state index >= 15 is 0 Å². The minimum absolute atomic E-state index is 0.0788. The van der Waals surface area contributed by atoms with E-state index in [0.717, 1.165) is 29.2 Å². The molecule has 0 unspecified atom stereocenters.